The van der Waals surface area contributed by atoms with E-state index in [-0.39, 0.29) is 16.8 Å². The third-order valence-corrected chi connectivity index (χ3v) is 7.56. The second-order valence-corrected chi connectivity index (χ2v) is 10.1. The quantitative estimate of drug-likeness (QED) is 0.631. The number of amides is 1. The van der Waals surface area contributed by atoms with E-state index in [1.807, 2.05) is 11.8 Å². The molecule has 1 N–H and O–H groups in total. The average molecular weight is 490 g/mol. The molecule has 1 saturated carbocycles. The van der Waals surface area contributed by atoms with E-state index in [0.717, 1.165) is 17.9 Å². The van der Waals surface area contributed by atoms with Gasteiger partial charge in [-0.1, -0.05) is 24.6 Å². The molecule has 9 heteroatoms. The van der Waals surface area contributed by atoms with Crippen LogP contribution in [0.1, 0.15) is 61.0 Å². The Hall–Kier alpha value is -2.32. The fourth-order valence-electron chi connectivity index (χ4n) is 5.10. The van der Waals surface area contributed by atoms with Crippen molar-refractivity contribution in [1.82, 2.24) is 20.2 Å². The van der Waals surface area contributed by atoms with Crippen LogP contribution in [0.4, 0.5) is 14.6 Å². The predicted octanol–water partition coefficient (Wildman–Crippen LogP) is 4.22. The first kappa shape index (κ1) is 23.4. The van der Waals surface area contributed by atoms with E-state index in [1.54, 1.807) is 6.07 Å². The number of aromatic nitrogens is 2. The molecular weight excluding hydrogens is 460 g/mol. The van der Waals surface area contributed by atoms with Gasteiger partial charge in [-0.3, -0.25) is 4.79 Å². The van der Waals surface area contributed by atoms with Crippen LogP contribution in [-0.4, -0.2) is 60.0 Å². The van der Waals surface area contributed by atoms with Gasteiger partial charge >= 0.3 is 0 Å². The van der Waals surface area contributed by atoms with Gasteiger partial charge in [-0.25, -0.2) is 18.7 Å². The van der Waals surface area contributed by atoms with Crippen LogP contribution in [0.25, 0.3) is 0 Å². The first-order valence-corrected chi connectivity index (χ1v) is 12.5. The fraction of sp³-hybridized carbons (Fsp3) is 0.560. The summed E-state index contributed by atoms with van der Waals surface area (Å²) in [4.78, 5) is 26.2. The molecule has 1 unspecified atom stereocenters. The summed E-state index contributed by atoms with van der Waals surface area (Å²) in [6.45, 7) is 5.62. The Morgan fingerprint density at radius 2 is 2.00 bits per heavy atom. The lowest BCUT2D eigenvalue weighted by Crippen LogP contribution is -2.51. The number of carbonyl (C=O) groups is 1. The lowest BCUT2D eigenvalue weighted by Gasteiger charge is -2.38. The molecule has 1 saturated heterocycles. The Labute approximate surface area is 203 Å². The van der Waals surface area contributed by atoms with Crippen molar-refractivity contribution in [1.29, 1.82) is 0 Å². The van der Waals surface area contributed by atoms with E-state index in [0.29, 0.717) is 56.3 Å². The summed E-state index contributed by atoms with van der Waals surface area (Å²) in [5.74, 6) is 0.529. The maximum atomic E-state index is 14.3. The number of rotatable bonds is 7. The number of carbonyl (C=O) groups excluding carboxylic acids is 1. The molecular formula is C25H30ClF2N5O. The third-order valence-electron chi connectivity index (χ3n) is 7.26. The Morgan fingerprint density at radius 3 is 2.71 bits per heavy atom. The molecule has 1 aromatic heterocycles. The van der Waals surface area contributed by atoms with Gasteiger partial charge in [0.2, 0.25) is 5.91 Å². The minimum Gasteiger partial charge on any atom is -0.353 e. The van der Waals surface area contributed by atoms with Crippen LogP contribution in [0.2, 0.25) is 5.02 Å². The lowest BCUT2D eigenvalue weighted by atomic mass is 9.96. The van der Waals surface area contributed by atoms with E-state index in [9.17, 15) is 13.6 Å². The highest BCUT2D eigenvalue weighted by atomic mass is 35.5. The number of halogens is 3. The minimum absolute atomic E-state index is 0.0187. The number of piperazine rings is 1. The number of alkyl halides is 1. The van der Waals surface area contributed by atoms with Crippen molar-refractivity contribution < 1.29 is 13.6 Å². The van der Waals surface area contributed by atoms with Crippen LogP contribution >= 0.6 is 11.6 Å². The highest BCUT2D eigenvalue weighted by molar-refractivity contribution is 6.30. The Bertz CT molecular complexity index is 1060. The van der Waals surface area contributed by atoms with Crippen molar-refractivity contribution in [3.8, 4) is 0 Å². The summed E-state index contributed by atoms with van der Waals surface area (Å²) in [6, 6.07) is 4.63. The molecule has 6 nitrogen and oxygen atoms in total. The van der Waals surface area contributed by atoms with Gasteiger partial charge in [0, 0.05) is 38.3 Å². The van der Waals surface area contributed by atoms with Crippen LogP contribution in [0.5, 0.6) is 0 Å². The van der Waals surface area contributed by atoms with Crippen LogP contribution in [0.3, 0.4) is 0 Å². The molecule has 0 spiro atoms. The van der Waals surface area contributed by atoms with Crippen molar-refractivity contribution in [2.75, 3.05) is 44.2 Å². The monoisotopic (exact) mass is 489 g/mol. The van der Waals surface area contributed by atoms with Gasteiger partial charge in [0.15, 0.2) is 0 Å². The number of hydrogen-bond acceptors (Lipinski definition) is 5. The maximum Gasteiger partial charge on any atom is 0.231 e. The van der Waals surface area contributed by atoms with E-state index >= 15 is 0 Å². The molecule has 3 aliphatic rings. The summed E-state index contributed by atoms with van der Waals surface area (Å²) >= 11 is 5.88. The Kier molecular flexibility index (Phi) is 6.71. The number of benzene rings is 1. The summed E-state index contributed by atoms with van der Waals surface area (Å²) in [7, 11) is 0. The highest BCUT2D eigenvalue weighted by Crippen LogP contribution is 2.44. The lowest BCUT2D eigenvalue weighted by molar-refractivity contribution is -0.133. The second kappa shape index (κ2) is 9.74. The van der Waals surface area contributed by atoms with E-state index < -0.39 is 17.9 Å². The van der Waals surface area contributed by atoms with Crippen LogP contribution in [0, 0.1) is 11.7 Å². The highest BCUT2D eigenvalue weighted by Gasteiger charge is 2.36. The Balaban J connectivity index is 1.28. The summed E-state index contributed by atoms with van der Waals surface area (Å²) < 4.78 is 28.5. The number of hydrogen-bond donors (Lipinski definition) is 1. The zero-order valence-electron chi connectivity index (χ0n) is 19.3. The SMILES string of the molecule is C[C@@H]1C[C@H](F)c2ncnc(N3CCN(C(=O)C(CNCC4CC4)c4ccc(Cl)c(F)c4)CC3)c21. The van der Waals surface area contributed by atoms with Crippen LogP contribution in [0.15, 0.2) is 24.5 Å². The topological polar surface area (TPSA) is 61.4 Å². The minimum atomic E-state index is -1.04. The van der Waals surface area contributed by atoms with Crippen molar-refractivity contribution in [2.24, 2.45) is 5.92 Å². The Morgan fingerprint density at radius 1 is 1.24 bits per heavy atom. The molecule has 2 heterocycles. The predicted molar refractivity (Wildman–Crippen MR) is 127 cm³/mol. The summed E-state index contributed by atoms with van der Waals surface area (Å²) in [5, 5.41) is 3.46. The van der Waals surface area contributed by atoms with Gasteiger partial charge in [0.25, 0.3) is 0 Å². The van der Waals surface area contributed by atoms with Gasteiger partial charge in [-0.15, -0.1) is 0 Å². The van der Waals surface area contributed by atoms with E-state index in [1.165, 1.54) is 31.3 Å². The molecule has 1 amide bonds. The first-order valence-electron chi connectivity index (χ1n) is 12.1. The van der Waals surface area contributed by atoms with Gasteiger partial charge in [0.1, 0.15) is 24.1 Å². The molecule has 1 aromatic carbocycles. The molecule has 2 aliphatic carbocycles. The number of anilines is 1. The maximum absolute atomic E-state index is 14.3. The molecule has 5 rings (SSSR count). The number of fused-ring (bicyclic) bond motifs is 1. The van der Waals surface area contributed by atoms with E-state index in [2.05, 4.69) is 20.2 Å². The molecule has 0 bridgehead atoms. The smallest absolute Gasteiger partial charge is 0.231 e. The zero-order valence-corrected chi connectivity index (χ0v) is 20.1. The van der Waals surface area contributed by atoms with Crippen LogP contribution < -0.4 is 10.2 Å². The van der Waals surface area contributed by atoms with Gasteiger partial charge < -0.3 is 15.1 Å². The normalized spacial score (nSPS) is 23.2. The van der Waals surface area contributed by atoms with E-state index in [4.69, 9.17) is 11.6 Å². The molecule has 34 heavy (non-hydrogen) atoms. The van der Waals surface area contributed by atoms with Crippen molar-refractivity contribution >= 4 is 23.3 Å². The largest absolute Gasteiger partial charge is 0.353 e. The molecule has 0 radical (unpaired) electrons. The fourth-order valence-corrected chi connectivity index (χ4v) is 5.22. The second-order valence-electron chi connectivity index (χ2n) is 9.74. The summed E-state index contributed by atoms with van der Waals surface area (Å²) in [6.07, 6.45) is 3.27. The van der Waals surface area contributed by atoms with Crippen molar-refractivity contribution in [3.63, 3.8) is 0 Å². The zero-order chi connectivity index (χ0) is 23.8. The standard InChI is InChI=1S/C25H30ClF2N5O/c1-15-10-21(28)23-22(15)24(31-14-30-23)32-6-8-33(9-7-32)25(34)18(13-29-12-16-2-3-16)17-4-5-19(26)20(27)11-17/h4-5,11,14-16,18,21,29H,2-3,6-10,12-13H2,1H3/t15-,18?,21+/m1/s1. The van der Waals surface area contributed by atoms with Gasteiger partial charge in [-0.05, 0) is 55.3 Å². The third kappa shape index (κ3) is 4.75. The average Bonchev–Trinajstić information content (AvgIpc) is 3.62. The number of nitrogens with one attached hydrogen (secondary N) is 1. The molecule has 2 aromatic rings. The van der Waals surface area contributed by atoms with Crippen molar-refractivity contribution in [3.05, 3.63) is 52.2 Å². The molecule has 3 atom stereocenters. The summed E-state index contributed by atoms with van der Waals surface area (Å²) in [5.41, 5.74) is 2.03. The molecule has 182 valence electrons. The van der Waals surface area contributed by atoms with Crippen LogP contribution in [-0.2, 0) is 4.79 Å². The molecule has 1 aliphatic heterocycles. The van der Waals surface area contributed by atoms with Gasteiger partial charge in [0.05, 0.1) is 16.6 Å². The van der Waals surface area contributed by atoms with Crippen molar-refractivity contribution in [2.45, 2.75) is 44.2 Å². The number of nitrogens with zero attached hydrogens (tertiary/aromatic N) is 4. The molecule has 2 fully saturated rings. The first-order chi connectivity index (χ1) is 16.4. The van der Waals surface area contributed by atoms with Gasteiger partial charge in [-0.2, -0.15) is 0 Å².